The molecule has 36 heavy (non-hydrogen) atoms. The van der Waals surface area contributed by atoms with Gasteiger partial charge in [-0.05, 0) is 65.6 Å². The second-order valence-corrected chi connectivity index (χ2v) is 11.1. The first-order valence-corrected chi connectivity index (χ1v) is 13.5. The highest BCUT2D eigenvalue weighted by atomic mass is 35.5. The minimum absolute atomic E-state index is 0.107. The van der Waals surface area contributed by atoms with E-state index in [0.29, 0.717) is 5.56 Å². The maximum Gasteiger partial charge on any atom is 0.217 e. The predicted octanol–water partition coefficient (Wildman–Crippen LogP) is 6.20. The van der Waals surface area contributed by atoms with Gasteiger partial charge in [0.25, 0.3) is 0 Å². The van der Waals surface area contributed by atoms with Crippen LogP contribution in [0.3, 0.4) is 0 Å². The number of aliphatic hydroxyl groups excluding tert-OH is 1. The first-order chi connectivity index (χ1) is 17.3. The van der Waals surface area contributed by atoms with E-state index in [0.717, 1.165) is 59.2 Å². The number of carbonyl (C=O) groups is 1. The van der Waals surface area contributed by atoms with Crippen molar-refractivity contribution in [2.24, 2.45) is 0 Å². The molecule has 2 unspecified atom stereocenters. The second-order valence-electron chi connectivity index (χ2n) is 9.57. The van der Waals surface area contributed by atoms with Crippen molar-refractivity contribution in [3.8, 4) is 11.1 Å². The molecule has 4 rings (SSSR count). The van der Waals surface area contributed by atoms with E-state index in [1.165, 1.54) is 30.4 Å². The maximum atomic E-state index is 13.7. The van der Waals surface area contributed by atoms with Gasteiger partial charge in [-0.15, -0.1) is 11.3 Å². The molecule has 2 aromatic carbocycles. The Morgan fingerprint density at radius 3 is 2.47 bits per heavy atom. The van der Waals surface area contributed by atoms with Gasteiger partial charge in [-0.1, -0.05) is 49.1 Å². The molecule has 1 aliphatic carbocycles. The summed E-state index contributed by atoms with van der Waals surface area (Å²) in [6.45, 7) is 1.58. The molecule has 1 amide bonds. The third kappa shape index (κ3) is 6.51. The van der Waals surface area contributed by atoms with Crippen LogP contribution in [0.15, 0.2) is 53.9 Å². The lowest BCUT2D eigenvalue weighted by atomic mass is 9.76. The third-order valence-electron chi connectivity index (χ3n) is 6.93. The van der Waals surface area contributed by atoms with Crippen molar-refractivity contribution in [2.75, 3.05) is 6.54 Å². The number of halogens is 3. The molecule has 2 atom stereocenters. The molecule has 1 saturated carbocycles. The van der Waals surface area contributed by atoms with Crippen molar-refractivity contribution in [1.29, 1.82) is 0 Å². The Balaban J connectivity index is 1.55. The van der Waals surface area contributed by atoms with Crippen LogP contribution in [0.4, 0.5) is 8.78 Å². The van der Waals surface area contributed by atoms with Crippen LogP contribution < -0.4 is 10.6 Å². The number of hydrogen-bond donors (Lipinski definition) is 3. The van der Waals surface area contributed by atoms with E-state index in [1.54, 1.807) is 0 Å². The topological polar surface area (TPSA) is 61.4 Å². The van der Waals surface area contributed by atoms with Gasteiger partial charge in [0.05, 0.1) is 12.1 Å². The average Bonchev–Trinajstić information content (AvgIpc) is 3.28. The van der Waals surface area contributed by atoms with E-state index < -0.39 is 23.8 Å². The normalized spacial score (nSPS) is 16.9. The number of nitrogens with one attached hydrogen (secondary N) is 2. The summed E-state index contributed by atoms with van der Waals surface area (Å²) in [7, 11) is 0. The van der Waals surface area contributed by atoms with E-state index in [9.17, 15) is 18.7 Å². The Bertz CT molecular complexity index is 1180. The third-order valence-corrected chi connectivity index (χ3v) is 8.10. The number of amides is 1. The molecule has 0 radical (unpaired) electrons. The molecular formula is C28H31ClF2N2O2S. The highest BCUT2D eigenvalue weighted by Crippen LogP contribution is 2.40. The largest absolute Gasteiger partial charge is 0.390 e. The van der Waals surface area contributed by atoms with Gasteiger partial charge >= 0.3 is 0 Å². The molecule has 1 aromatic heterocycles. The zero-order chi connectivity index (χ0) is 25.7. The van der Waals surface area contributed by atoms with E-state index >= 15 is 0 Å². The highest BCUT2D eigenvalue weighted by molar-refractivity contribution is 7.15. The number of aliphatic hydroxyl groups is 1. The van der Waals surface area contributed by atoms with Gasteiger partial charge in [0, 0.05) is 30.6 Å². The molecule has 0 spiro atoms. The van der Waals surface area contributed by atoms with Crippen molar-refractivity contribution in [1.82, 2.24) is 10.6 Å². The molecule has 1 aliphatic rings. The summed E-state index contributed by atoms with van der Waals surface area (Å²) in [6, 6.07) is 12.9. The summed E-state index contributed by atoms with van der Waals surface area (Å²) < 4.78 is 28.2. The molecule has 3 aromatic rings. The van der Waals surface area contributed by atoms with Crippen LogP contribution in [0.5, 0.6) is 0 Å². The van der Waals surface area contributed by atoms with Crippen LogP contribution in [0, 0.1) is 11.6 Å². The van der Waals surface area contributed by atoms with Gasteiger partial charge < -0.3 is 15.7 Å². The first-order valence-electron chi connectivity index (χ1n) is 12.2. The molecule has 3 N–H and O–H groups in total. The van der Waals surface area contributed by atoms with Crippen molar-refractivity contribution < 1.29 is 18.7 Å². The number of carbonyl (C=O) groups excluding carboxylic acids is 1. The smallest absolute Gasteiger partial charge is 0.217 e. The van der Waals surface area contributed by atoms with Crippen LogP contribution in [-0.2, 0) is 16.8 Å². The summed E-state index contributed by atoms with van der Waals surface area (Å²) in [5, 5.41) is 19.5. The molecule has 4 nitrogen and oxygen atoms in total. The molecule has 0 saturated heterocycles. The van der Waals surface area contributed by atoms with Gasteiger partial charge in [-0.25, -0.2) is 8.78 Å². The molecule has 0 bridgehead atoms. The summed E-state index contributed by atoms with van der Waals surface area (Å²) in [5.41, 5.74) is 3.23. The molecule has 8 heteroatoms. The number of benzene rings is 2. The highest BCUT2D eigenvalue weighted by Gasteiger charge is 2.35. The molecule has 0 aliphatic heterocycles. The fraction of sp³-hybridized carbons (Fsp3) is 0.393. The summed E-state index contributed by atoms with van der Waals surface area (Å²) >= 11 is 7.90. The molecule has 1 heterocycles. The van der Waals surface area contributed by atoms with Crippen molar-refractivity contribution in [3.05, 3.63) is 81.0 Å². The zero-order valence-electron chi connectivity index (χ0n) is 20.2. The van der Waals surface area contributed by atoms with Gasteiger partial charge in [0.15, 0.2) is 0 Å². The predicted molar refractivity (Wildman–Crippen MR) is 141 cm³/mol. The Morgan fingerprint density at radius 2 is 1.83 bits per heavy atom. The van der Waals surface area contributed by atoms with Crippen molar-refractivity contribution >= 4 is 28.8 Å². The monoisotopic (exact) mass is 532 g/mol. The first kappa shape index (κ1) is 26.7. The lowest BCUT2D eigenvalue weighted by Gasteiger charge is -2.40. The Hall–Kier alpha value is -2.32. The standard InChI is InChI=1S/C28H31ClF2N2O2S/c1-18(34)33-25(14-19-12-22(30)16-23(31)13-19)26(35)17-32-28(9-3-2-4-10-28)21-7-5-6-20(15-21)24-8-11-36-27(24)29/h5-8,11-13,15-16,25-26,32,35H,2-4,9-10,14,17H2,1H3,(H,33,34). The average molecular weight is 533 g/mol. The second kappa shape index (κ2) is 11.8. The van der Waals surface area contributed by atoms with Gasteiger partial charge in [-0.2, -0.15) is 0 Å². The molecular weight excluding hydrogens is 502 g/mol. The van der Waals surface area contributed by atoms with Crippen molar-refractivity contribution in [3.63, 3.8) is 0 Å². The summed E-state index contributed by atoms with van der Waals surface area (Å²) in [6.07, 6.45) is 4.25. The fourth-order valence-corrected chi connectivity index (χ4v) is 6.14. The van der Waals surface area contributed by atoms with Gasteiger partial charge in [-0.3, -0.25) is 4.79 Å². The van der Waals surface area contributed by atoms with Crippen LogP contribution in [0.25, 0.3) is 11.1 Å². The Labute approximate surface area is 219 Å². The Kier molecular flexibility index (Phi) is 8.78. The van der Waals surface area contributed by atoms with E-state index in [-0.39, 0.29) is 24.4 Å². The summed E-state index contributed by atoms with van der Waals surface area (Å²) in [5.74, 6) is -1.69. The molecule has 1 fully saturated rings. The van der Waals surface area contributed by atoms with Crippen LogP contribution in [-0.4, -0.2) is 29.7 Å². The number of rotatable bonds is 9. The lowest BCUT2D eigenvalue weighted by molar-refractivity contribution is -0.120. The van der Waals surface area contributed by atoms with Crippen LogP contribution in [0.2, 0.25) is 4.34 Å². The summed E-state index contributed by atoms with van der Waals surface area (Å²) in [4.78, 5) is 11.8. The van der Waals surface area contributed by atoms with Gasteiger partial charge in [0.2, 0.25) is 5.91 Å². The zero-order valence-corrected chi connectivity index (χ0v) is 21.8. The number of thiophene rings is 1. The Morgan fingerprint density at radius 1 is 1.11 bits per heavy atom. The van der Waals surface area contributed by atoms with Crippen LogP contribution >= 0.6 is 22.9 Å². The van der Waals surface area contributed by atoms with Crippen molar-refractivity contribution in [2.45, 2.75) is 63.1 Å². The van der Waals surface area contributed by atoms with E-state index in [1.807, 2.05) is 23.6 Å². The minimum Gasteiger partial charge on any atom is -0.390 e. The van der Waals surface area contributed by atoms with E-state index in [4.69, 9.17) is 11.6 Å². The van der Waals surface area contributed by atoms with E-state index in [2.05, 4.69) is 22.8 Å². The quantitative estimate of drug-likeness (QED) is 0.307. The SMILES string of the molecule is CC(=O)NC(Cc1cc(F)cc(F)c1)C(O)CNC1(c2cccc(-c3ccsc3Cl)c2)CCCCC1. The number of hydrogen-bond acceptors (Lipinski definition) is 4. The van der Waals surface area contributed by atoms with Gasteiger partial charge in [0.1, 0.15) is 16.0 Å². The maximum absolute atomic E-state index is 13.7. The van der Waals surface area contributed by atoms with Crippen LogP contribution in [0.1, 0.15) is 50.2 Å². The fourth-order valence-electron chi connectivity index (χ4n) is 5.18. The molecule has 192 valence electrons. The lowest BCUT2D eigenvalue weighted by Crippen LogP contribution is -2.53. The minimum atomic E-state index is -0.964.